The van der Waals surface area contributed by atoms with Gasteiger partial charge in [-0.05, 0) is 67.6 Å². The fraction of sp³-hybridized carbons (Fsp3) is 0.0952. The first-order valence-electron chi connectivity index (χ1n) is 8.59. The largest absolute Gasteiger partial charge is 0.504 e. The van der Waals surface area contributed by atoms with Crippen LogP contribution in [0.2, 0.25) is 0 Å². The van der Waals surface area contributed by atoms with Crippen LogP contribution in [0.5, 0.6) is 11.5 Å². The van der Waals surface area contributed by atoms with E-state index in [1.165, 1.54) is 43.3 Å². The van der Waals surface area contributed by atoms with E-state index in [9.17, 15) is 33.0 Å². The van der Waals surface area contributed by atoms with Crippen LogP contribution in [0.3, 0.4) is 0 Å². The first-order valence-corrected chi connectivity index (χ1v) is 8.59. The number of aromatic hydroxyl groups is 2. The molecule has 0 spiro atoms. The van der Waals surface area contributed by atoms with E-state index in [0.29, 0.717) is 5.56 Å². The molecular weight excluding hydrogens is 401 g/mol. The van der Waals surface area contributed by atoms with Crippen LogP contribution in [-0.4, -0.2) is 31.6 Å². The van der Waals surface area contributed by atoms with E-state index in [1.807, 2.05) is 0 Å². The van der Waals surface area contributed by atoms with Gasteiger partial charge in [0.2, 0.25) is 5.78 Å². The number of phenolic OH excluding ortho intramolecular Hbond substituents is 2. The quantitative estimate of drug-likeness (QED) is 0.368. The molecule has 0 amide bonds. The third kappa shape index (κ3) is 4.40. The smallest absolute Gasteiger partial charge is 0.416 e. The number of ketones is 2. The average molecular weight is 416 g/mol. The van der Waals surface area contributed by atoms with Crippen LogP contribution in [-0.2, 0) is 11.0 Å². The number of alkyl halides is 3. The summed E-state index contributed by atoms with van der Waals surface area (Å²) in [6.07, 6.45) is -2.41. The van der Waals surface area contributed by atoms with Gasteiger partial charge in [0, 0.05) is 5.56 Å². The summed E-state index contributed by atoms with van der Waals surface area (Å²) in [6.45, 7) is 1.27. The van der Waals surface area contributed by atoms with E-state index in [4.69, 9.17) is 0 Å². The highest BCUT2D eigenvalue weighted by Crippen LogP contribution is 2.32. The number of halogens is 3. The molecule has 2 N–H and O–H groups in total. The Kier molecular flexibility index (Phi) is 5.46. The van der Waals surface area contributed by atoms with Gasteiger partial charge in [-0.25, -0.2) is 4.68 Å². The zero-order chi connectivity index (χ0) is 22.1. The van der Waals surface area contributed by atoms with Crippen molar-refractivity contribution in [1.82, 2.24) is 9.78 Å². The lowest BCUT2D eigenvalue weighted by molar-refractivity contribution is -0.137. The minimum Gasteiger partial charge on any atom is -0.504 e. The lowest BCUT2D eigenvalue weighted by Crippen LogP contribution is -2.09. The molecule has 1 aromatic heterocycles. The molecule has 0 unspecified atom stereocenters. The number of benzene rings is 2. The van der Waals surface area contributed by atoms with Gasteiger partial charge in [0.25, 0.3) is 0 Å². The number of rotatable bonds is 5. The molecule has 0 aliphatic heterocycles. The molecule has 3 rings (SSSR count). The van der Waals surface area contributed by atoms with Gasteiger partial charge in [-0.2, -0.15) is 18.3 Å². The Morgan fingerprint density at radius 2 is 1.63 bits per heavy atom. The summed E-state index contributed by atoms with van der Waals surface area (Å²) in [4.78, 5) is 23.7. The molecular formula is C21H15F3N2O4. The van der Waals surface area contributed by atoms with Gasteiger partial charge in [-0.15, -0.1) is 0 Å². The molecule has 30 heavy (non-hydrogen) atoms. The minimum atomic E-state index is -4.51. The molecule has 1 heterocycles. The number of nitrogens with zero attached hydrogens (tertiary/aromatic N) is 2. The van der Waals surface area contributed by atoms with E-state index in [2.05, 4.69) is 5.10 Å². The van der Waals surface area contributed by atoms with E-state index >= 15 is 0 Å². The van der Waals surface area contributed by atoms with Crippen molar-refractivity contribution in [1.29, 1.82) is 0 Å². The van der Waals surface area contributed by atoms with E-state index in [0.717, 1.165) is 29.0 Å². The summed E-state index contributed by atoms with van der Waals surface area (Å²) in [7, 11) is 0. The van der Waals surface area contributed by atoms with Crippen molar-refractivity contribution in [2.45, 2.75) is 13.1 Å². The molecule has 0 saturated heterocycles. The normalized spacial score (nSPS) is 11.7. The van der Waals surface area contributed by atoms with Gasteiger partial charge in [-0.3, -0.25) is 9.59 Å². The van der Waals surface area contributed by atoms with Gasteiger partial charge in [0.05, 0.1) is 16.9 Å². The van der Waals surface area contributed by atoms with Gasteiger partial charge < -0.3 is 10.2 Å². The predicted octanol–water partition coefficient (Wildman–Crippen LogP) is 4.30. The fourth-order valence-corrected chi connectivity index (χ4v) is 2.65. The van der Waals surface area contributed by atoms with Crippen LogP contribution in [0, 0.1) is 0 Å². The minimum absolute atomic E-state index is 0.00479. The topological polar surface area (TPSA) is 92.4 Å². The van der Waals surface area contributed by atoms with E-state index < -0.39 is 23.3 Å². The van der Waals surface area contributed by atoms with Crippen LogP contribution in [0.4, 0.5) is 13.2 Å². The summed E-state index contributed by atoms with van der Waals surface area (Å²) >= 11 is 0. The van der Waals surface area contributed by atoms with Crippen molar-refractivity contribution in [2.24, 2.45) is 0 Å². The Morgan fingerprint density at radius 1 is 0.967 bits per heavy atom. The monoisotopic (exact) mass is 416 g/mol. The van der Waals surface area contributed by atoms with Crippen molar-refractivity contribution < 1.29 is 33.0 Å². The van der Waals surface area contributed by atoms with Crippen molar-refractivity contribution in [2.75, 3.05) is 0 Å². The maximum absolute atomic E-state index is 12.8. The number of phenols is 2. The van der Waals surface area contributed by atoms with Crippen molar-refractivity contribution in [3.63, 3.8) is 0 Å². The summed E-state index contributed by atoms with van der Waals surface area (Å²) < 4.78 is 39.7. The molecule has 0 aliphatic rings. The van der Waals surface area contributed by atoms with Crippen LogP contribution in [0.15, 0.2) is 60.7 Å². The second-order valence-corrected chi connectivity index (χ2v) is 6.38. The van der Waals surface area contributed by atoms with Crippen LogP contribution >= 0.6 is 0 Å². The van der Waals surface area contributed by atoms with Gasteiger partial charge in [0.15, 0.2) is 17.3 Å². The molecule has 0 atom stereocenters. The van der Waals surface area contributed by atoms with Crippen LogP contribution < -0.4 is 0 Å². The Bertz CT molecular complexity index is 1150. The second kappa shape index (κ2) is 7.86. The average Bonchev–Trinajstić information content (AvgIpc) is 3.13. The third-order valence-corrected chi connectivity index (χ3v) is 4.14. The Balaban J connectivity index is 2.12. The van der Waals surface area contributed by atoms with Crippen molar-refractivity contribution in [3.8, 4) is 28.4 Å². The lowest BCUT2D eigenvalue weighted by atomic mass is 10.1. The Hall–Kier alpha value is -3.88. The number of allylic oxidation sites excluding steroid dienone is 2. The lowest BCUT2D eigenvalue weighted by Gasteiger charge is -2.09. The SMILES string of the molecule is CC(=O)/C=C/C(=O)c1cc(-c2ccc(O)c(O)c2)nn1-c1ccc(C(F)(F)F)cc1. The summed E-state index contributed by atoms with van der Waals surface area (Å²) in [6, 6.07) is 9.35. The highest BCUT2D eigenvalue weighted by Gasteiger charge is 2.30. The number of hydrogen-bond acceptors (Lipinski definition) is 5. The zero-order valence-electron chi connectivity index (χ0n) is 15.5. The van der Waals surface area contributed by atoms with Crippen molar-refractivity contribution >= 4 is 11.6 Å². The number of carbonyl (C=O) groups is 2. The molecule has 9 heteroatoms. The molecule has 3 aromatic rings. The van der Waals surface area contributed by atoms with E-state index in [-0.39, 0.29) is 28.6 Å². The molecule has 2 aromatic carbocycles. The predicted molar refractivity (Wildman–Crippen MR) is 101 cm³/mol. The zero-order valence-corrected chi connectivity index (χ0v) is 15.5. The molecule has 0 radical (unpaired) electrons. The molecule has 6 nitrogen and oxygen atoms in total. The Labute approximate surface area is 168 Å². The molecule has 0 aliphatic carbocycles. The summed E-state index contributed by atoms with van der Waals surface area (Å²) in [5, 5.41) is 23.4. The number of hydrogen-bond donors (Lipinski definition) is 2. The number of carbonyl (C=O) groups excluding carboxylic acids is 2. The van der Waals surface area contributed by atoms with Crippen LogP contribution in [0.25, 0.3) is 16.9 Å². The van der Waals surface area contributed by atoms with E-state index in [1.54, 1.807) is 0 Å². The standard InChI is InChI=1S/C21H15F3N2O4/c1-12(27)2-8-18(28)17-11-16(13-3-9-19(29)20(30)10-13)25-26(17)15-6-4-14(5-7-15)21(22,23)24/h2-11,29-30H,1H3/b8-2+. The second-order valence-electron chi connectivity index (χ2n) is 6.38. The Morgan fingerprint density at radius 3 is 2.20 bits per heavy atom. The van der Waals surface area contributed by atoms with Gasteiger partial charge in [-0.1, -0.05) is 0 Å². The summed E-state index contributed by atoms with van der Waals surface area (Å²) in [5.41, 5.74) is -0.0802. The number of aromatic nitrogens is 2. The molecule has 154 valence electrons. The maximum Gasteiger partial charge on any atom is 0.416 e. The first-order chi connectivity index (χ1) is 14.1. The highest BCUT2D eigenvalue weighted by molar-refractivity contribution is 6.07. The van der Waals surface area contributed by atoms with Crippen LogP contribution in [0.1, 0.15) is 23.0 Å². The molecule has 0 fully saturated rings. The first kappa shape index (κ1) is 20.8. The van der Waals surface area contributed by atoms with Crippen molar-refractivity contribution in [3.05, 3.63) is 71.9 Å². The third-order valence-electron chi connectivity index (χ3n) is 4.14. The molecule has 0 saturated carbocycles. The molecule has 0 bridgehead atoms. The maximum atomic E-state index is 12.8. The summed E-state index contributed by atoms with van der Waals surface area (Å²) in [5.74, 6) is -1.69. The fourth-order valence-electron chi connectivity index (χ4n) is 2.65. The highest BCUT2D eigenvalue weighted by atomic mass is 19.4. The van der Waals surface area contributed by atoms with Gasteiger partial charge >= 0.3 is 6.18 Å². The van der Waals surface area contributed by atoms with Gasteiger partial charge in [0.1, 0.15) is 5.69 Å².